The number of benzene rings is 1. The fourth-order valence-corrected chi connectivity index (χ4v) is 2.59. The molecule has 3 heteroatoms. The molecule has 1 aliphatic heterocycles. The third kappa shape index (κ3) is 2.56. The Morgan fingerprint density at radius 2 is 2.26 bits per heavy atom. The number of oxazole rings is 1. The van der Waals surface area contributed by atoms with E-state index in [-0.39, 0.29) is 0 Å². The van der Waals surface area contributed by atoms with Gasteiger partial charge in [0.25, 0.3) is 0 Å². The predicted octanol–water partition coefficient (Wildman–Crippen LogP) is 3.64. The lowest BCUT2D eigenvalue weighted by atomic mass is 10.1. The van der Waals surface area contributed by atoms with E-state index in [1.807, 2.05) is 6.07 Å². The molecule has 19 heavy (non-hydrogen) atoms. The van der Waals surface area contributed by atoms with Crippen molar-refractivity contribution in [3.05, 3.63) is 35.7 Å². The highest BCUT2D eigenvalue weighted by molar-refractivity contribution is 5.76. The van der Waals surface area contributed by atoms with Crippen LogP contribution >= 0.6 is 0 Å². The van der Waals surface area contributed by atoms with Crippen LogP contribution in [0.1, 0.15) is 31.2 Å². The first-order chi connectivity index (χ1) is 9.26. The Morgan fingerprint density at radius 3 is 3.00 bits per heavy atom. The summed E-state index contributed by atoms with van der Waals surface area (Å²) in [5.41, 5.74) is 4.31. The highest BCUT2D eigenvalue weighted by Gasteiger charge is 2.16. The van der Waals surface area contributed by atoms with Gasteiger partial charge in [-0.25, -0.2) is 4.98 Å². The largest absolute Gasteiger partial charge is 0.436 e. The number of hydrogen-bond acceptors (Lipinski definition) is 3. The lowest BCUT2D eigenvalue weighted by Gasteiger charge is -2.24. The van der Waals surface area contributed by atoms with Crippen molar-refractivity contribution in [1.82, 2.24) is 9.88 Å². The molecule has 0 bridgehead atoms. The number of rotatable bonds is 3. The Labute approximate surface area is 113 Å². The molecular formula is C16H20N2O. The molecule has 0 saturated heterocycles. The number of aromatic nitrogens is 1. The summed E-state index contributed by atoms with van der Waals surface area (Å²) in [4.78, 5) is 7.06. The van der Waals surface area contributed by atoms with Gasteiger partial charge in [0, 0.05) is 18.7 Å². The summed E-state index contributed by atoms with van der Waals surface area (Å²) in [5, 5.41) is 0. The van der Waals surface area contributed by atoms with E-state index in [0.717, 1.165) is 36.5 Å². The topological polar surface area (TPSA) is 29.3 Å². The summed E-state index contributed by atoms with van der Waals surface area (Å²) in [6, 6.07) is 6.16. The molecule has 0 atom stereocenters. The fourth-order valence-electron chi connectivity index (χ4n) is 2.59. The molecule has 3 rings (SSSR count). The molecule has 0 spiro atoms. The molecule has 1 aromatic carbocycles. The molecule has 2 heterocycles. The van der Waals surface area contributed by atoms with E-state index in [4.69, 9.17) is 4.42 Å². The van der Waals surface area contributed by atoms with Gasteiger partial charge in [0.1, 0.15) is 5.52 Å². The van der Waals surface area contributed by atoms with E-state index >= 15 is 0 Å². The van der Waals surface area contributed by atoms with Crippen LogP contribution in [0.3, 0.4) is 0 Å². The number of nitrogens with zero attached hydrogens (tertiary/aromatic N) is 2. The number of fused-ring (bicyclic) bond motifs is 1. The van der Waals surface area contributed by atoms with Crippen LogP contribution in [0.2, 0.25) is 0 Å². The van der Waals surface area contributed by atoms with Gasteiger partial charge in [-0.15, -0.1) is 0 Å². The molecule has 1 aromatic heterocycles. The molecule has 0 N–H and O–H groups in total. The van der Waals surface area contributed by atoms with Crippen molar-refractivity contribution in [3.8, 4) is 0 Å². The molecule has 0 radical (unpaired) electrons. The predicted molar refractivity (Wildman–Crippen MR) is 78.1 cm³/mol. The van der Waals surface area contributed by atoms with E-state index in [1.54, 1.807) is 0 Å². The third-order valence-electron chi connectivity index (χ3n) is 3.65. The second-order valence-electron chi connectivity index (χ2n) is 5.27. The first-order valence-electron chi connectivity index (χ1n) is 7.05. The Hall–Kier alpha value is -1.61. The Balaban J connectivity index is 1.85. The van der Waals surface area contributed by atoms with E-state index in [0.29, 0.717) is 0 Å². The number of hydrogen-bond donors (Lipinski definition) is 0. The maximum atomic E-state index is 5.89. The molecule has 0 fully saturated rings. The summed E-state index contributed by atoms with van der Waals surface area (Å²) < 4.78 is 5.89. The second kappa shape index (κ2) is 5.17. The minimum Gasteiger partial charge on any atom is -0.436 e. The lowest BCUT2D eigenvalue weighted by molar-refractivity contribution is 0.301. The van der Waals surface area contributed by atoms with Crippen LogP contribution in [0, 0.1) is 6.92 Å². The van der Waals surface area contributed by atoms with Crippen molar-refractivity contribution in [2.45, 2.75) is 26.7 Å². The summed E-state index contributed by atoms with van der Waals surface area (Å²) in [5.74, 6) is 0.803. The molecule has 2 aromatic rings. The van der Waals surface area contributed by atoms with Crippen LogP contribution in [0.25, 0.3) is 16.7 Å². The van der Waals surface area contributed by atoms with Gasteiger partial charge in [-0.1, -0.05) is 19.1 Å². The Bertz CT molecular complexity index is 612. The summed E-state index contributed by atoms with van der Waals surface area (Å²) >= 11 is 0. The smallest absolute Gasteiger partial charge is 0.222 e. The lowest BCUT2D eigenvalue weighted by Crippen LogP contribution is -2.29. The Kier molecular flexibility index (Phi) is 3.38. The molecule has 3 nitrogen and oxygen atoms in total. The van der Waals surface area contributed by atoms with Gasteiger partial charge in [-0.05, 0) is 44.0 Å². The molecule has 0 saturated carbocycles. The molecule has 100 valence electrons. The van der Waals surface area contributed by atoms with E-state index in [9.17, 15) is 0 Å². The minimum atomic E-state index is 0.803. The first-order valence-corrected chi connectivity index (χ1v) is 7.05. The fraction of sp³-hybridized carbons (Fsp3) is 0.438. The minimum absolute atomic E-state index is 0.803. The van der Waals surface area contributed by atoms with Gasteiger partial charge in [0.05, 0.1) is 0 Å². The van der Waals surface area contributed by atoms with Crippen molar-refractivity contribution < 1.29 is 4.42 Å². The van der Waals surface area contributed by atoms with Crippen molar-refractivity contribution in [2.75, 3.05) is 19.6 Å². The van der Waals surface area contributed by atoms with Crippen LogP contribution in [0.4, 0.5) is 0 Å². The van der Waals surface area contributed by atoms with Crippen LogP contribution in [-0.2, 0) is 0 Å². The van der Waals surface area contributed by atoms with Crippen molar-refractivity contribution in [2.24, 2.45) is 0 Å². The van der Waals surface area contributed by atoms with Gasteiger partial charge < -0.3 is 4.42 Å². The monoisotopic (exact) mass is 256 g/mol. The van der Waals surface area contributed by atoms with E-state index in [2.05, 4.69) is 41.9 Å². The van der Waals surface area contributed by atoms with Crippen molar-refractivity contribution in [3.63, 3.8) is 0 Å². The standard InChI is InChI=1S/C16H20N2O/c1-3-8-18-9-6-13(7-10-18)16-17-14-5-4-12(2)11-15(14)19-16/h4-6,11H,3,7-10H2,1-2H3. The molecule has 0 unspecified atom stereocenters. The van der Waals surface area contributed by atoms with Crippen molar-refractivity contribution >= 4 is 16.7 Å². The Morgan fingerprint density at radius 1 is 1.37 bits per heavy atom. The zero-order valence-electron chi connectivity index (χ0n) is 11.6. The zero-order chi connectivity index (χ0) is 13.2. The van der Waals surface area contributed by atoms with Crippen molar-refractivity contribution in [1.29, 1.82) is 0 Å². The maximum Gasteiger partial charge on any atom is 0.222 e. The van der Waals surface area contributed by atoms with Crippen LogP contribution in [-0.4, -0.2) is 29.5 Å². The average Bonchev–Trinajstić information content (AvgIpc) is 2.83. The first kappa shape index (κ1) is 12.4. The second-order valence-corrected chi connectivity index (χ2v) is 5.27. The highest BCUT2D eigenvalue weighted by Crippen LogP contribution is 2.26. The SMILES string of the molecule is CCCN1CC=C(c2nc3ccc(C)cc3o2)CC1. The molecule has 1 aliphatic rings. The normalized spacial score (nSPS) is 16.8. The van der Waals surface area contributed by atoms with Crippen LogP contribution < -0.4 is 0 Å². The molecule has 0 aliphatic carbocycles. The van der Waals surface area contributed by atoms with Gasteiger partial charge >= 0.3 is 0 Å². The zero-order valence-corrected chi connectivity index (χ0v) is 11.6. The third-order valence-corrected chi connectivity index (χ3v) is 3.65. The van der Waals surface area contributed by atoms with Gasteiger partial charge in [0.2, 0.25) is 5.89 Å². The van der Waals surface area contributed by atoms with Gasteiger partial charge in [0.15, 0.2) is 5.58 Å². The summed E-state index contributed by atoms with van der Waals surface area (Å²) in [6.45, 7) is 7.60. The summed E-state index contributed by atoms with van der Waals surface area (Å²) in [7, 11) is 0. The van der Waals surface area contributed by atoms with Crippen LogP contribution in [0.15, 0.2) is 28.7 Å². The maximum absolute atomic E-state index is 5.89. The van der Waals surface area contributed by atoms with Crippen LogP contribution in [0.5, 0.6) is 0 Å². The highest BCUT2D eigenvalue weighted by atomic mass is 16.3. The van der Waals surface area contributed by atoms with E-state index in [1.165, 1.54) is 24.1 Å². The molecular weight excluding hydrogens is 236 g/mol. The van der Waals surface area contributed by atoms with Gasteiger partial charge in [-0.3, -0.25) is 4.90 Å². The summed E-state index contributed by atoms with van der Waals surface area (Å²) in [6.07, 6.45) is 4.51. The molecule has 0 amide bonds. The van der Waals surface area contributed by atoms with Gasteiger partial charge in [-0.2, -0.15) is 0 Å². The van der Waals surface area contributed by atoms with E-state index < -0.39 is 0 Å². The quantitative estimate of drug-likeness (QED) is 0.839. The number of aryl methyl sites for hydroxylation is 1. The average molecular weight is 256 g/mol.